The molecule has 1 aromatic carbocycles. The van der Waals surface area contributed by atoms with Gasteiger partial charge in [-0.15, -0.1) is 0 Å². The normalized spacial score (nSPS) is 18.4. The third kappa shape index (κ3) is 2.73. The maximum absolute atomic E-state index is 12.7. The summed E-state index contributed by atoms with van der Waals surface area (Å²) in [6.45, 7) is 0. The molecule has 1 aliphatic heterocycles. The lowest BCUT2D eigenvalue weighted by molar-refractivity contribution is -0.116. The Labute approximate surface area is 154 Å². The second-order valence-corrected chi connectivity index (χ2v) is 6.54. The van der Waals surface area contributed by atoms with Crippen molar-refractivity contribution in [1.29, 1.82) is 0 Å². The van der Waals surface area contributed by atoms with Crippen molar-refractivity contribution in [3.63, 3.8) is 0 Å². The maximum Gasteiger partial charge on any atom is 0.327 e. The molecule has 140 valence electrons. The fourth-order valence-electron chi connectivity index (χ4n) is 3.86. The minimum absolute atomic E-state index is 0.000199. The minimum Gasteiger partial charge on any atom is -0.493 e. The number of Topliss-reactive ketones (excluding diaryl/α,β-unsaturated/α-hetero) is 1. The summed E-state index contributed by atoms with van der Waals surface area (Å²) in [4.78, 5) is 42.0. The Morgan fingerprint density at radius 3 is 2.52 bits per heavy atom. The van der Waals surface area contributed by atoms with Gasteiger partial charge in [-0.25, -0.2) is 4.79 Å². The Hall–Kier alpha value is -3.29. The van der Waals surface area contributed by atoms with Crippen molar-refractivity contribution in [1.82, 2.24) is 9.97 Å². The number of fused-ring (bicyclic) bond motifs is 1. The number of aromatic amines is 2. The van der Waals surface area contributed by atoms with Crippen LogP contribution in [0.25, 0.3) is 0 Å². The summed E-state index contributed by atoms with van der Waals surface area (Å²) in [6, 6.07) is 5.30. The lowest BCUT2D eigenvalue weighted by Crippen LogP contribution is -2.36. The Morgan fingerprint density at radius 2 is 1.78 bits per heavy atom. The van der Waals surface area contributed by atoms with Crippen LogP contribution in [-0.2, 0) is 4.79 Å². The molecule has 1 atom stereocenters. The molecule has 2 heterocycles. The molecule has 3 N–H and O–H groups in total. The van der Waals surface area contributed by atoms with Crippen molar-refractivity contribution in [2.75, 3.05) is 19.5 Å². The van der Waals surface area contributed by atoms with Crippen molar-refractivity contribution < 1.29 is 14.3 Å². The summed E-state index contributed by atoms with van der Waals surface area (Å²) in [5, 5.41) is 3.09. The van der Waals surface area contributed by atoms with Gasteiger partial charge in [0.25, 0.3) is 5.56 Å². The largest absolute Gasteiger partial charge is 0.493 e. The van der Waals surface area contributed by atoms with Crippen LogP contribution < -0.4 is 26.0 Å². The number of hydrogen-bond acceptors (Lipinski definition) is 6. The fourth-order valence-corrected chi connectivity index (χ4v) is 3.86. The number of ketones is 1. The molecule has 27 heavy (non-hydrogen) atoms. The molecule has 8 nitrogen and oxygen atoms in total. The van der Waals surface area contributed by atoms with Crippen LogP contribution in [0.3, 0.4) is 0 Å². The van der Waals surface area contributed by atoms with Crippen LogP contribution in [0.2, 0.25) is 0 Å². The van der Waals surface area contributed by atoms with Gasteiger partial charge in [-0.3, -0.25) is 19.6 Å². The Morgan fingerprint density at radius 1 is 1.00 bits per heavy atom. The smallest absolute Gasteiger partial charge is 0.327 e. The highest BCUT2D eigenvalue weighted by atomic mass is 16.5. The molecular weight excluding hydrogens is 350 g/mol. The van der Waals surface area contributed by atoms with Gasteiger partial charge in [0.15, 0.2) is 17.3 Å². The molecule has 2 aliphatic rings. The van der Waals surface area contributed by atoms with Crippen molar-refractivity contribution in [2.24, 2.45) is 0 Å². The topological polar surface area (TPSA) is 113 Å². The van der Waals surface area contributed by atoms with Crippen LogP contribution in [0.15, 0.2) is 39.1 Å². The van der Waals surface area contributed by atoms with Crippen LogP contribution in [0, 0.1) is 0 Å². The third-order valence-corrected chi connectivity index (χ3v) is 5.03. The van der Waals surface area contributed by atoms with E-state index in [1.165, 1.54) is 14.2 Å². The molecule has 8 heteroatoms. The zero-order valence-corrected chi connectivity index (χ0v) is 15.0. The van der Waals surface area contributed by atoms with Gasteiger partial charge in [-0.2, -0.15) is 0 Å². The first-order valence-electron chi connectivity index (χ1n) is 8.65. The summed E-state index contributed by atoms with van der Waals surface area (Å²) in [7, 11) is 3.07. The fraction of sp³-hybridized carbons (Fsp3) is 0.316. The summed E-state index contributed by atoms with van der Waals surface area (Å²) in [5.74, 6) is 0.789. The van der Waals surface area contributed by atoms with E-state index in [4.69, 9.17) is 9.47 Å². The number of H-pyrrole nitrogens is 2. The minimum atomic E-state index is -0.594. The average Bonchev–Trinajstić information content (AvgIpc) is 2.65. The SMILES string of the molecule is COc1ccc([C@H]2C3=C(CCCC3=O)Nc3[nH]c(=O)[nH]c(=O)c32)cc1OC. The van der Waals surface area contributed by atoms with E-state index in [0.717, 1.165) is 17.7 Å². The molecule has 1 aliphatic carbocycles. The zero-order valence-electron chi connectivity index (χ0n) is 15.0. The van der Waals surface area contributed by atoms with Gasteiger partial charge in [0, 0.05) is 23.6 Å². The van der Waals surface area contributed by atoms with E-state index in [-0.39, 0.29) is 5.78 Å². The number of hydrogen-bond donors (Lipinski definition) is 3. The zero-order chi connectivity index (χ0) is 19.1. The molecule has 1 aromatic heterocycles. The Bertz CT molecular complexity index is 1080. The van der Waals surface area contributed by atoms with Gasteiger partial charge >= 0.3 is 5.69 Å². The molecular formula is C19H19N3O5. The van der Waals surface area contributed by atoms with Gasteiger partial charge in [0.05, 0.1) is 19.8 Å². The van der Waals surface area contributed by atoms with Crippen molar-refractivity contribution in [2.45, 2.75) is 25.2 Å². The van der Waals surface area contributed by atoms with Crippen LogP contribution in [0.1, 0.15) is 36.3 Å². The highest BCUT2D eigenvalue weighted by molar-refractivity contribution is 6.00. The van der Waals surface area contributed by atoms with Crippen LogP contribution in [0.4, 0.5) is 5.82 Å². The highest BCUT2D eigenvalue weighted by Crippen LogP contribution is 2.44. The second kappa shape index (κ2) is 6.46. The average molecular weight is 369 g/mol. The maximum atomic E-state index is 12.7. The molecule has 0 bridgehead atoms. The molecule has 0 unspecified atom stereocenters. The summed E-state index contributed by atoms with van der Waals surface area (Å²) >= 11 is 0. The van der Waals surface area contributed by atoms with Crippen LogP contribution in [-0.4, -0.2) is 30.0 Å². The van der Waals surface area contributed by atoms with E-state index in [2.05, 4.69) is 15.3 Å². The van der Waals surface area contributed by atoms with Gasteiger partial charge < -0.3 is 14.8 Å². The standard InChI is InChI=1S/C19H19N3O5/c1-26-12-7-6-9(8-13(12)27-2)14-15-10(4-3-5-11(15)23)20-17-16(14)18(24)22-19(25)21-17/h6-8,14H,3-5H2,1-2H3,(H3,20,21,22,24,25)/t14-/m0/s1. The number of allylic oxidation sites excluding steroid dienone is 2. The molecule has 2 aromatic rings. The second-order valence-electron chi connectivity index (χ2n) is 6.54. The monoisotopic (exact) mass is 369 g/mol. The van der Waals surface area contributed by atoms with Crippen molar-refractivity contribution in [3.05, 3.63) is 61.4 Å². The lowest BCUT2D eigenvalue weighted by Gasteiger charge is -2.33. The van der Waals surface area contributed by atoms with E-state index < -0.39 is 17.2 Å². The predicted molar refractivity (Wildman–Crippen MR) is 98.6 cm³/mol. The third-order valence-electron chi connectivity index (χ3n) is 5.03. The number of aromatic nitrogens is 2. The number of carbonyl (C=O) groups is 1. The number of nitrogens with one attached hydrogen (secondary N) is 3. The van der Waals surface area contributed by atoms with E-state index in [0.29, 0.717) is 41.3 Å². The Balaban J connectivity index is 1.99. The molecule has 0 spiro atoms. The van der Waals surface area contributed by atoms with Gasteiger partial charge in [0.1, 0.15) is 5.82 Å². The van der Waals surface area contributed by atoms with Gasteiger partial charge in [-0.1, -0.05) is 6.07 Å². The van der Waals surface area contributed by atoms with Gasteiger partial charge in [-0.05, 0) is 30.5 Å². The van der Waals surface area contributed by atoms with Crippen molar-refractivity contribution >= 4 is 11.6 Å². The lowest BCUT2D eigenvalue weighted by atomic mass is 9.76. The predicted octanol–water partition coefficient (Wildman–Crippen LogP) is 1.64. The highest BCUT2D eigenvalue weighted by Gasteiger charge is 2.37. The summed E-state index contributed by atoms with van der Waals surface area (Å²) < 4.78 is 10.7. The van der Waals surface area contributed by atoms with E-state index in [1.54, 1.807) is 18.2 Å². The molecule has 0 saturated carbocycles. The van der Waals surface area contributed by atoms with Gasteiger partial charge in [0.2, 0.25) is 0 Å². The first-order chi connectivity index (χ1) is 13.0. The summed E-state index contributed by atoms with van der Waals surface area (Å²) in [6.07, 6.45) is 1.84. The number of methoxy groups -OCH3 is 2. The van der Waals surface area contributed by atoms with Crippen LogP contribution >= 0.6 is 0 Å². The molecule has 0 fully saturated rings. The van der Waals surface area contributed by atoms with E-state index >= 15 is 0 Å². The van der Waals surface area contributed by atoms with Crippen LogP contribution in [0.5, 0.6) is 11.5 Å². The Kier molecular flexibility index (Phi) is 4.10. The van der Waals surface area contributed by atoms with E-state index in [9.17, 15) is 14.4 Å². The number of ether oxygens (including phenoxy) is 2. The number of carbonyl (C=O) groups excluding carboxylic acids is 1. The van der Waals surface area contributed by atoms with E-state index in [1.807, 2.05) is 0 Å². The quantitative estimate of drug-likeness (QED) is 0.758. The first-order valence-corrected chi connectivity index (χ1v) is 8.65. The molecule has 0 amide bonds. The number of rotatable bonds is 3. The number of anilines is 1. The number of benzene rings is 1. The first kappa shape index (κ1) is 17.1. The molecule has 4 rings (SSSR count). The van der Waals surface area contributed by atoms with Crippen molar-refractivity contribution in [3.8, 4) is 11.5 Å². The molecule has 0 radical (unpaired) electrons. The summed E-state index contributed by atoms with van der Waals surface area (Å²) in [5.41, 5.74) is 1.24. The molecule has 0 saturated heterocycles.